The third kappa shape index (κ3) is 11.4. The molecule has 5 nitrogen and oxygen atoms in total. The zero-order valence-electron chi connectivity index (χ0n) is 20.2. The van der Waals surface area contributed by atoms with Crippen molar-refractivity contribution in [3.05, 3.63) is 29.8 Å². The van der Waals surface area contributed by atoms with Crippen molar-refractivity contribution >= 4 is 20.0 Å². The van der Waals surface area contributed by atoms with Crippen LogP contribution < -0.4 is 4.74 Å². The third-order valence-corrected chi connectivity index (χ3v) is 8.93. The summed E-state index contributed by atoms with van der Waals surface area (Å²) in [6.07, 6.45) is 6.07. The summed E-state index contributed by atoms with van der Waals surface area (Å²) < 4.78 is 16.0. The van der Waals surface area contributed by atoms with Gasteiger partial charge >= 0.3 is 11.9 Å². The van der Waals surface area contributed by atoms with Gasteiger partial charge in [-0.1, -0.05) is 63.5 Å². The Morgan fingerprint density at radius 1 is 0.871 bits per heavy atom. The second-order valence-electron chi connectivity index (χ2n) is 8.81. The van der Waals surface area contributed by atoms with Crippen LogP contribution in [0.5, 0.6) is 5.75 Å². The monoisotopic (exact) mass is 450 g/mol. The molecule has 1 aromatic carbocycles. The number of carbonyl (C=O) groups excluding carboxylic acids is 2. The van der Waals surface area contributed by atoms with Gasteiger partial charge in [0.05, 0.1) is 19.8 Å². The van der Waals surface area contributed by atoms with Gasteiger partial charge in [0.15, 0.2) is 5.92 Å². The molecule has 0 bridgehead atoms. The number of hydrogen-bond acceptors (Lipinski definition) is 5. The largest absolute Gasteiger partial charge is 0.494 e. The molecule has 0 radical (unpaired) electrons. The van der Waals surface area contributed by atoms with Gasteiger partial charge in [0.1, 0.15) is 5.75 Å². The maximum atomic E-state index is 12.1. The van der Waals surface area contributed by atoms with Gasteiger partial charge in [-0.15, -0.1) is 0 Å². The number of rotatable bonds is 16. The van der Waals surface area contributed by atoms with E-state index in [1.165, 1.54) is 31.4 Å². The first-order valence-corrected chi connectivity index (χ1v) is 15.3. The van der Waals surface area contributed by atoms with Crippen molar-refractivity contribution in [2.24, 2.45) is 5.92 Å². The molecule has 0 fully saturated rings. The Morgan fingerprint density at radius 3 is 2.00 bits per heavy atom. The number of hydrogen-bond donors (Lipinski definition) is 0. The molecule has 0 saturated heterocycles. The molecule has 0 saturated carbocycles. The van der Waals surface area contributed by atoms with Crippen LogP contribution in [0.2, 0.25) is 25.2 Å². The highest BCUT2D eigenvalue weighted by atomic mass is 28.3. The quantitative estimate of drug-likeness (QED) is 0.133. The Morgan fingerprint density at radius 2 is 1.45 bits per heavy atom. The van der Waals surface area contributed by atoms with E-state index in [2.05, 4.69) is 20.0 Å². The molecule has 1 rings (SSSR count). The second kappa shape index (κ2) is 15.1. The van der Waals surface area contributed by atoms with Gasteiger partial charge in [-0.25, -0.2) is 0 Å². The van der Waals surface area contributed by atoms with E-state index in [0.29, 0.717) is 12.8 Å². The number of esters is 2. The molecule has 1 aromatic rings. The Hall–Kier alpha value is -1.82. The summed E-state index contributed by atoms with van der Waals surface area (Å²) in [5.74, 6) is -1.04. The molecular formula is C25H42O5Si. The van der Waals surface area contributed by atoms with E-state index in [-0.39, 0.29) is 13.2 Å². The number of ether oxygens (including phenoxy) is 3. The number of carbonyl (C=O) groups is 2. The lowest BCUT2D eigenvalue weighted by Gasteiger charge is -2.22. The van der Waals surface area contributed by atoms with Gasteiger partial charge in [-0.05, 0) is 50.8 Å². The maximum Gasteiger partial charge on any atom is 0.320 e. The number of benzene rings is 1. The van der Waals surface area contributed by atoms with Crippen LogP contribution in [0.4, 0.5) is 0 Å². The first-order valence-electron chi connectivity index (χ1n) is 11.9. The van der Waals surface area contributed by atoms with Crippen LogP contribution >= 0.6 is 0 Å². The van der Waals surface area contributed by atoms with Crippen molar-refractivity contribution in [3.63, 3.8) is 0 Å². The summed E-state index contributed by atoms with van der Waals surface area (Å²) in [5.41, 5.74) is 1.05. The SMILES string of the molecule is CCCCC[Si](C)(C)CCCOc1ccc(CCC(C(=O)OCC)C(=O)OCC)cc1. The molecule has 0 aromatic heterocycles. The fraction of sp³-hybridized carbons (Fsp3) is 0.680. The zero-order chi connectivity index (χ0) is 23.1. The third-order valence-electron chi connectivity index (χ3n) is 5.51. The minimum atomic E-state index is -1.10. The molecular weight excluding hydrogens is 408 g/mol. The summed E-state index contributed by atoms with van der Waals surface area (Å²) in [6, 6.07) is 10.6. The van der Waals surface area contributed by atoms with Crippen molar-refractivity contribution in [2.75, 3.05) is 19.8 Å². The van der Waals surface area contributed by atoms with Crippen molar-refractivity contribution in [1.29, 1.82) is 0 Å². The fourth-order valence-electron chi connectivity index (χ4n) is 3.60. The van der Waals surface area contributed by atoms with Crippen LogP contribution in [-0.2, 0) is 25.5 Å². The molecule has 0 unspecified atom stereocenters. The Balaban J connectivity index is 2.44. The molecule has 0 atom stereocenters. The van der Waals surface area contributed by atoms with Gasteiger partial charge in [-0.3, -0.25) is 9.59 Å². The molecule has 0 aliphatic heterocycles. The summed E-state index contributed by atoms with van der Waals surface area (Å²) in [4.78, 5) is 24.2. The molecule has 0 spiro atoms. The second-order valence-corrected chi connectivity index (χ2v) is 14.1. The van der Waals surface area contributed by atoms with E-state index in [0.717, 1.165) is 24.3 Å². The lowest BCUT2D eigenvalue weighted by atomic mass is 9.99. The van der Waals surface area contributed by atoms with Crippen molar-refractivity contribution < 1.29 is 23.8 Å². The highest BCUT2D eigenvalue weighted by Crippen LogP contribution is 2.22. The van der Waals surface area contributed by atoms with Crippen LogP contribution in [0.1, 0.15) is 58.4 Å². The van der Waals surface area contributed by atoms with E-state index in [4.69, 9.17) is 14.2 Å². The highest BCUT2D eigenvalue weighted by Gasteiger charge is 2.29. The van der Waals surface area contributed by atoms with Crippen molar-refractivity contribution in [1.82, 2.24) is 0 Å². The first kappa shape index (κ1) is 27.2. The standard InChI is InChI=1S/C25H42O5Si/c1-6-9-10-19-31(4,5)20-11-18-30-22-15-12-21(13-16-22)14-17-23(24(26)28-7-2)25(27)29-8-3/h12-13,15-16,23H,6-11,14,17-20H2,1-5H3. The molecule has 31 heavy (non-hydrogen) atoms. The molecule has 6 heteroatoms. The van der Waals surface area contributed by atoms with Crippen LogP contribution in [0, 0.1) is 5.92 Å². The summed E-state index contributed by atoms with van der Waals surface area (Å²) in [7, 11) is -1.10. The van der Waals surface area contributed by atoms with Gasteiger partial charge in [0, 0.05) is 8.07 Å². The van der Waals surface area contributed by atoms with Gasteiger partial charge in [0.2, 0.25) is 0 Å². The van der Waals surface area contributed by atoms with E-state index in [1.807, 2.05) is 24.3 Å². The molecule has 0 aliphatic rings. The predicted octanol–water partition coefficient (Wildman–Crippen LogP) is 6.03. The van der Waals surface area contributed by atoms with Gasteiger partial charge in [0.25, 0.3) is 0 Å². The first-order chi connectivity index (χ1) is 14.8. The average Bonchev–Trinajstić information content (AvgIpc) is 2.73. The Kier molecular flexibility index (Phi) is 13.2. The van der Waals surface area contributed by atoms with E-state index < -0.39 is 25.9 Å². The lowest BCUT2D eigenvalue weighted by Crippen LogP contribution is -2.28. The minimum absolute atomic E-state index is 0.249. The molecule has 0 N–H and O–H groups in total. The fourth-order valence-corrected chi connectivity index (χ4v) is 6.16. The summed E-state index contributed by atoms with van der Waals surface area (Å²) in [5, 5.41) is 0. The lowest BCUT2D eigenvalue weighted by molar-refractivity contribution is -0.161. The summed E-state index contributed by atoms with van der Waals surface area (Å²) >= 11 is 0. The maximum absolute atomic E-state index is 12.1. The van der Waals surface area contributed by atoms with E-state index in [1.54, 1.807) is 13.8 Å². The molecule has 0 amide bonds. The van der Waals surface area contributed by atoms with Crippen molar-refractivity contribution in [2.45, 2.75) is 84.5 Å². The highest BCUT2D eigenvalue weighted by molar-refractivity contribution is 6.77. The molecule has 0 aliphatic carbocycles. The van der Waals surface area contributed by atoms with Crippen LogP contribution in [0.15, 0.2) is 24.3 Å². The Labute approximate surface area is 189 Å². The average molecular weight is 451 g/mol. The van der Waals surface area contributed by atoms with Gasteiger partial charge in [-0.2, -0.15) is 0 Å². The smallest absolute Gasteiger partial charge is 0.320 e. The van der Waals surface area contributed by atoms with Crippen LogP contribution in [-0.4, -0.2) is 39.8 Å². The molecule has 176 valence electrons. The predicted molar refractivity (Wildman–Crippen MR) is 128 cm³/mol. The van der Waals surface area contributed by atoms with Gasteiger partial charge < -0.3 is 14.2 Å². The number of unbranched alkanes of at least 4 members (excludes halogenated alkanes) is 2. The molecule has 0 heterocycles. The summed E-state index contributed by atoms with van der Waals surface area (Å²) in [6.45, 7) is 11.9. The van der Waals surface area contributed by atoms with Crippen LogP contribution in [0.3, 0.4) is 0 Å². The minimum Gasteiger partial charge on any atom is -0.494 e. The van der Waals surface area contributed by atoms with Crippen molar-refractivity contribution in [3.8, 4) is 5.75 Å². The van der Waals surface area contributed by atoms with E-state index >= 15 is 0 Å². The zero-order valence-corrected chi connectivity index (χ0v) is 21.2. The van der Waals surface area contributed by atoms with Crippen LogP contribution in [0.25, 0.3) is 0 Å². The topological polar surface area (TPSA) is 61.8 Å². The van der Waals surface area contributed by atoms with E-state index in [9.17, 15) is 9.59 Å². The normalized spacial score (nSPS) is 11.4. The Bertz CT molecular complexity index is 624. The number of aryl methyl sites for hydroxylation is 1.